The number of anilines is 1. The maximum absolute atomic E-state index is 12.7. The Morgan fingerprint density at radius 2 is 1.87 bits per heavy atom. The first kappa shape index (κ1) is 22.7. The van der Waals surface area contributed by atoms with Gasteiger partial charge in [-0.2, -0.15) is 13.2 Å². The summed E-state index contributed by atoms with van der Waals surface area (Å²) in [6, 6.07) is 6.75. The number of nitrogens with one attached hydrogen (secondary N) is 1. The van der Waals surface area contributed by atoms with Crippen molar-refractivity contribution in [3.8, 4) is 5.75 Å². The first-order valence-corrected chi connectivity index (χ1v) is 8.46. The number of methoxy groups -OCH3 is 1. The number of aryl methyl sites for hydroxylation is 1. The van der Waals surface area contributed by atoms with E-state index in [1.165, 1.54) is 7.11 Å². The number of esters is 1. The summed E-state index contributed by atoms with van der Waals surface area (Å²) < 4.78 is 48.1. The molecule has 0 saturated heterocycles. The second-order valence-corrected chi connectivity index (χ2v) is 6.18. The minimum atomic E-state index is -4.78. The lowest BCUT2D eigenvalue weighted by Gasteiger charge is -2.10. The molecule has 2 aromatic carbocycles. The number of amides is 1. The highest BCUT2D eigenvalue weighted by Gasteiger charge is 2.33. The molecule has 8 nitrogen and oxygen atoms in total. The highest BCUT2D eigenvalue weighted by molar-refractivity contribution is 5.95. The molecule has 0 aliphatic rings. The molecule has 2 aromatic rings. The second-order valence-electron chi connectivity index (χ2n) is 6.18. The normalized spacial score (nSPS) is 11.0. The molecule has 0 fully saturated rings. The molecule has 0 bridgehead atoms. The van der Waals surface area contributed by atoms with E-state index in [9.17, 15) is 32.9 Å². The fourth-order valence-corrected chi connectivity index (χ4v) is 2.49. The summed E-state index contributed by atoms with van der Waals surface area (Å²) in [6.45, 7) is 1.06. The maximum atomic E-state index is 12.7. The van der Waals surface area contributed by atoms with Crippen LogP contribution in [0.2, 0.25) is 0 Å². The summed E-state index contributed by atoms with van der Waals surface area (Å²) in [5, 5.41) is 13.1. The van der Waals surface area contributed by atoms with Gasteiger partial charge >= 0.3 is 12.1 Å². The Hall–Kier alpha value is -3.63. The number of nitrogens with zero attached hydrogens (tertiary/aromatic N) is 1. The number of ether oxygens (including phenoxy) is 2. The first-order chi connectivity index (χ1) is 14.0. The van der Waals surface area contributed by atoms with Gasteiger partial charge in [0.05, 0.1) is 24.0 Å². The summed E-state index contributed by atoms with van der Waals surface area (Å²) in [7, 11) is 1.48. The Morgan fingerprint density at radius 3 is 2.47 bits per heavy atom. The molecular formula is C19H17F3N2O6. The lowest BCUT2D eigenvalue weighted by Crippen LogP contribution is -2.22. The molecule has 0 spiro atoms. The minimum absolute atomic E-state index is 0.148. The Labute approximate surface area is 168 Å². The molecule has 0 aliphatic heterocycles. The fourth-order valence-electron chi connectivity index (χ4n) is 2.49. The Balaban J connectivity index is 1.99. The van der Waals surface area contributed by atoms with Gasteiger partial charge in [0, 0.05) is 6.07 Å². The van der Waals surface area contributed by atoms with Crippen molar-refractivity contribution in [2.24, 2.45) is 0 Å². The Bertz CT molecular complexity index is 975. The number of benzene rings is 2. The number of rotatable bonds is 7. The van der Waals surface area contributed by atoms with Crippen LogP contribution in [-0.4, -0.2) is 30.5 Å². The summed E-state index contributed by atoms with van der Waals surface area (Å²) in [5.74, 6) is -1.10. The summed E-state index contributed by atoms with van der Waals surface area (Å²) in [4.78, 5) is 33.8. The van der Waals surface area contributed by atoms with Crippen LogP contribution >= 0.6 is 0 Å². The molecule has 0 saturated carbocycles. The third kappa shape index (κ3) is 5.93. The van der Waals surface area contributed by atoms with E-state index in [2.05, 4.69) is 5.32 Å². The van der Waals surface area contributed by atoms with Crippen molar-refractivity contribution < 1.29 is 37.2 Å². The molecule has 0 atom stereocenters. The molecule has 1 amide bonds. The third-order valence-corrected chi connectivity index (χ3v) is 3.98. The molecule has 1 N–H and O–H groups in total. The topological polar surface area (TPSA) is 108 Å². The van der Waals surface area contributed by atoms with Gasteiger partial charge in [-0.15, -0.1) is 0 Å². The summed E-state index contributed by atoms with van der Waals surface area (Å²) in [5.41, 5.74) is -1.16. The van der Waals surface area contributed by atoms with Gasteiger partial charge in [0.25, 0.3) is 11.6 Å². The molecule has 0 heterocycles. The number of hydrogen-bond acceptors (Lipinski definition) is 6. The monoisotopic (exact) mass is 426 g/mol. The average Bonchev–Trinajstić information content (AvgIpc) is 2.67. The maximum Gasteiger partial charge on any atom is 0.416 e. The van der Waals surface area contributed by atoms with Crippen LogP contribution in [0.5, 0.6) is 5.75 Å². The van der Waals surface area contributed by atoms with Crippen molar-refractivity contribution in [3.63, 3.8) is 0 Å². The number of halogens is 3. The van der Waals surface area contributed by atoms with Crippen LogP contribution in [0, 0.1) is 17.0 Å². The van der Waals surface area contributed by atoms with E-state index in [4.69, 9.17) is 9.47 Å². The molecule has 0 aromatic heterocycles. The average molecular weight is 426 g/mol. The van der Waals surface area contributed by atoms with E-state index in [-0.39, 0.29) is 6.42 Å². The Morgan fingerprint density at radius 1 is 1.17 bits per heavy atom. The number of hydrogen-bond donors (Lipinski definition) is 1. The van der Waals surface area contributed by atoms with Crippen LogP contribution in [0.25, 0.3) is 0 Å². The van der Waals surface area contributed by atoms with E-state index in [0.29, 0.717) is 23.4 Å². The van der Waals surface area contributed by atoms with Gasteiger partial charge in [-0.25, -0.2) is 0 Å². The van der Waals surface area contributed by atoms with Crippen molar-refractivity contribution in [2.45, 2.75) is 19.5 Å². The quantitative estimate of drug-likeness (QED) is 0.411. The Kier molecular flexibility index (Phi) is 6.98. The van der Waals surface area contributed by atoms with Crippen LogP contribution in [-0.2, 0) is 26.9 Å². The van der Waals surface area contributed by atoms with Crippen LogP contribution in [0.1, 0.15) is 16.7 Å². The number of carbonyl (C=O) groups excluding carboxylic acids is 2. The SMILES string of the molecule is COc1cc(CC(=O)OCC(=O)Nc2ccc(C(F)(F)F)cc2[N+](=O)[O-])ccc1C. The van der Waals surface area contributed by atoms with Crippen LogP contribution in [0.3, 0.4) is 0 Å². The number of nitro groups is 1. The third-order valence-electron chi connectivity index (χ3n) is 3.98. The van der Waals surface area contributed by atoms with Gasteiger partial charge in [-0.3, -0.25) is 19.7 Å². The van der Waals surface area contributed by atoms with Crippen LogP contribution < -0.4 is 10.1 Å². The lowest BCUT2D eigenvalue weighted by atomic mass is 10.1. The highest BCUT2D eigenvalue weighted by Crippen LogP contribution is 2.34. The minimum Gasteiger partial charge on any atom is -0.496 e. The number of carbonyl (C=O) groups is 2. The van der Waals surface area contributed by atoms with Gasteiger partial charge in [0.15, 0.2) is 6.61 Å². The van der Waals surface area contributed by atoms with Gasteiger partial charge in [0.2, 0.25) is 0 Å². The summed E-state index contributed by atoms with van der Waals surface area (Å²) in [6.07, 6.45) is -4.92. The van der Waals surface area contributed by atoms with Crippen molar-refractivity contribution in [1.82, 2.24) is 0 Å². The standard InChI is InChI=1S/C19H17F3N2O6/c1-11-3-4-12(7-16(11)29-2)8-18(26)30-10-17(25)23-14-6-5-13(19(20,21)22)9-15(14)24(27)28/h3-7,9H,8,10H2,1-2H3,(H,23,25). The fraction of sp³-hybridized carbons (Fsp3) is 0.263. The molecule has 0 unspecified atom stereocenters. The van der Waals surface area contributed by atoms with E-state index in [0.717, 1.165) is 11.6 Å². The van der Waals surface area contributed by atoms with E-state index >= 15 is 0 Å². The second kappa shape index (κ2) is 9.25. The van der Waals surface area contributed by atoms with Crippen LogP contribution in [0.4, 0.5) is 24.5 Å². The molecular weight excluding hydrogens is 409 g/mol. The molecule has 30 heavy (non-hydrogen) atoms. The number of nitro benzene ring substituents is 1. The zero-order valence-electron chi connectivity index (χ0n) is 15.9. The van der Waals surface area contributed by atoms with Gasteiger partial charge in [0.1, 0.15) is 11.4 Å². The predicted molar refractivity (Wildman–Crippen MR) is 99.1 cm³/mol. The van der Waals surface area contributed by atoms with Gasteiger partial charge in [-0.05, 0) is 36.2 Å². The van der Waals surface area contributed by atoms with Crippen molar-refractivity contribution in [2.75, 3.05) is 19.0 Å². The molecule has 160 valence electrons. The van der Waals surface area contributed by atoms with Gasteiger partial charge in [-0.1, -0.05) is 12.1 Å². The van der Waals surface area contributed by atoms with Crippen molar-refractivity contribution in [3.05, 3.63) is 63.2 Å². The van der Waals surface area contributed by atoms with Crippen molar-refractivity contribution in [1.29, 1.82) is 0 Å². The van der Waals surface area contributed by atoms with E-state index in [1.54, 1.807) is 18.2 Å². The molecule has 0 aliphatic carbocycles. The number of alkyl halides is 3. The molecule has 11 heteroatoms. The molecule has 0 radical (unpaired) electrons. The summed E-state index contributed by atoms with van der Waals surface area (Å²) >= 11 is 0. The predicted octanol–water partition coefficient (Wildman–Crippen LogP) is 3.66. The van der Waals surface area contributed by atoms with E-state index < -0.39 is 46.5 Å². The molecule has 2 rings (SSSR count). The largest absolute Gasteiger partial charge is 0.496 e. The highest BCUT2D eigenvalue weighted by atomic mass is 19.4. The van der Waals surface area contributed by atoms with Crippen molar-refractivity contribution >= 4 is 23.3 Å². The van der Waals surface area contributed by atoms with Gasteiger partial charge < -0.3 is 14.8 Å². The first-order valence-electron chi connectivity index (χ1n) is 8.46. The van der Waals surface area contributed by atoms with Crippen LogP contribution in [0.15, 0.2) is 36.4 Å². The lowest BCUT2D eigenvalue weighted by molar-refractivity contribution is -0.384. The smallest absolute Gasteiger partial charge is 0.416 e. The van der Waals surface area contributed by atoms with E-state index in [1.807, 2.05) is 6.92 Å². The zero-order chi connectivity index (χ0) is 22.5. The zero-order valence-corrected chi connectivity index (χ0v) is 15.9.